The molecule has 0 radical (unpaired) electrons. The maximum atomic E-state index is 5.79. The minimum Gasteiger partial charge on any atom is -1.00 e. The Labute approximate surface area is 118 Å². The van der Waals surface area contributed by atoms with Crippen molar-refractivity contribution in [2.75, 3.05) is 7.11 Å². The molecule has 0 aliphatic rings. The first-order chi connectivity index (χ1) is 7.72. The molecule has 1 aromatic heterocycles. The molecule has 0 saturated carbocycles. The quantitative estimate of drug-likeness (QED) is 0.514. The Morgan fingerprint density at radius 3 is 2.65 bits per heavy atom. The van der Waals surface area contributed by atoms with E-state index >= 15 is 0 Å². The lowest BCUT2D eigenvalue weighted by molar-refractivity contribution is -0.654. The number of ether oxygens (including phenoxy) is 1. The number of rotatable bonds is 3. The number of aromatic nitrogens is 2. The van der Waals surface area contributed by atoms with E-state index in [-0.39, 0.29) is 24.0 Å². The molecule has 0 spiro atoms. The topological polar surface area (TPSA) is 44.1 Å². The average molecular weight is 347 g/mol. The molecule has 2 rings (SSSR count). The fraction of sp³-hybridized carbons (Fsp3) is 0.417. The van der Waals surface area contributed by atoms with Crippen molar-refractivity contribution in [2.24, 2.45) is 12.8 Å². The number of nitrogens with two attached hydrogens (primary N) is 1. The van der Waals surface area contributed by atoms with Crippen LogP contribution in [0.25, 0.3) is 11.0 Å². The standard InChI is InChI=1S/C12H18N3O.HI/c1-4-15-11-7-9(16-3)5-6-10(11)14(2)12(15)8-13;/h5-7H,4,8,13H2,1-3H3;1H/q+1;/p-1. The minimum atomic E-state index is 0. The van der Waals surface area contributed by atoms with Gasteiger partial charge in [-0.3, -0.25) is 0 Å². The van der Waals surface area contributed by atoms with Crippen molar-refractivity contribution in [1.82, 2.24) is 4.57 Å². The normalized spacial score (nSPS) is 10.4. The summed E-state index contributed by atoms with van der Waals surface area (Å²) in [5.41, 5.74) is 8.14. The summed E-state index contributed by atoms with van der Waals surface area (Å²) >= 11 is 0. The molecular weight excluding hydrogens is 329 g/mol. The monoisotopic (exact) mass is 347 g/mol. The number of benzene rings is 1. The van der Waals surface area contributed by atoms with E-state index in [2.05, 4.69) is 28.2 Å². The Hall–Kier alpha value is -0.820. The smallest absolute Gasteiger partial charge is 0.271 e. The van der Waals surface area contributed by atoms with Crippen molar-refractivity contribution >= 4 is 11.0 Å². The molecule has 94 valence electrons. The highest BCUT2D eigenvalue weighted by Gasteiger charge is 2.20. The van der Waals surface area contributed by atoms with Crippen molar-refractivity contribution in [3.63, 3.8) is 0 Å². The van der Waals surface area contributed by atoms with Gasteiger partial charge in [0.25, 0.3) is 5.82 Å². The van der Waals surface area contributed by atoms with Gasteiger partial charge in [0.15, 0.2) is 11.0 Å². The van der Waals surface area contributed by atoms with Crippen LogP contribution in [0, 0.1) is 0 Å². The number of imidazole rings is 1. The molecule has 0 aliphatic carbocycles. The Balaban J connectivity index is 0.00000144. The number of methoxy groups -OCH3 is 1. The van der Waals surface area contributed by atoms with Crippen LogP contribution < -0.4 is 39.0 Å². The zero-order valence-corrected chi connectivity index (χ0v) is 12.6. The van der Waals surface area contributed by atoms with E-state index in [0.717, 1.165) is 18.1 Å². The lowest BCUT2D eigenvalue weighted by atomic mass is 10.3. The van der Waals surface area contributed by atoms with Gasteiger partial charge in [-0.25, -0.2) is 9.13 Å². The van der Waals surface area contributed by atoms with E-state index in [1.54, 1.807) is 7.11 Å². The number of aryl methyl sites for hydroxylation is 2. The van der Waals surface area contributed by atoms with Gasteiger partial charge in [0, 0.05) is 6.07 Å². The molecule has 2 N–H and O–H groups in total. The lowest BCUT2D eigenvalue weighted by Gasteiger charge is -1.98. The third-order valence-corrected chi connectivity index (χ3v) is 3.03. The number of fused-ring (bicyclic) bond motifs is 1. The second-order valence-corrected chi connectivity index (χ2v) is 3.78. The summed E-state index contributed by atoms with van der Waals surface area (Å²) in [4.78, 5) is 0. The summed E-state index contributed by atoms with van der Waals surface area (Å²) in [5.74, 6) is 2.01. The summed E-state index contributed by atoms with van der Waals surface area (Å²) < 4.78 is 9.61. The van der Waals surface area contributed by atoms with Crippen LogP contribution in [0.5, 0.6) is 5.75 Å². The van der Waals surface area contributed by atoms with Crippen LogP contribution in [-0.2, 0) is 20.1 Å². The van der Waals surface area contributed by atoms with Gasteiger partial charge in [0.2, 0.25) is 0 Å². The van der Waals surface area contributed by atoms with E-state index in [9.17, 15) is 0 Å². The van der Waals surface area contributed by atoms with Crippen molar-refractivity contribution in [3.05, 3.63) is 24.0 Å². The third-order valence-electron chi connectivity index (χ3n) is 3.03. The molecule has 1 heterocycles. The van der Waals surface area contributed by atoms with Gasteiger partial charge < -0.3 is 34.4 Å². The second kappa shape index (κ2) is 5.68. The highest BCUT2D eigenvalue weighted by atomic mass is 127. The fourth-order valence-corrected chi connectivity index (χ4v) is 2.19. The van der Waals surface area contributed by atoms with Crippen molar-refractivity contribution in [2.45, 2.75) is 20.0 Å². The Morgan fingerprint density at radius 1 is 1.41 bits per heavy atom. The van der Waals surface area contributed by atoms with E-state index in [4.69, 9.17) is 10.5 Å². The van der Waals surface area contributed by atoms with Crippen molar-refractivity contribution < 1.29 is 33.3 Å². The molecule has 0 amide bonds. The molecule has 2 aromatic rings. The molecule has 0 aliphatic heterocycles. The Kier molecular flexibility index (Phi) is 4.76. The molecule has 0 bridgehead atoms. The van der Waals surface area contributed by atoms with Crippen molar-refractivity contribution in [1.29, 1.82) is 0 Å². The van der Waals surface area contributed by atoms with Crippen LogP contribution >= 0.6 is 0 Å². The van der Waals surface area contributed by atoms with Crippen LogP contribution in [0.1, 0.15) is 12.7 Å². The van der Waals surface area contributed by atoms with Gasteiger partial charge in [-0.2, -0.15) is 0 Å². The van der Waals surface area contributed by atoms with Crippen LogP contribution in [0.2, 0.25) is 0 Å². The summed E-state index contributed by atoms with van der Waals surface area (Å²) in [6.07, 6.45) is 0. The summed E-state index contributed by atoms with van der Waals surface area (Å²) in [5, 5.41) is 0. The zero-order chi connectivity index (χ0) is 11.7. The van der Waals surface area contributed by atoms with Gasteiger partial charge in [0.05, 0.1) is 27.2 Å². The van der Waals surface area contributed by atoms with Crippen LogP contribution in [-0.4, -0.2) is 11.7 Å². The fourth-order valence-electron chi connectivity index (χ4n) is 2.19. The van der Waals surface area contributed by atoms with Gasteiger partial charge in [-0.05, 0) is 19.1 Å². The van der Waals surface area contributed by atoms with Crippen LogP contribution in [0.4, 0.5) is 0 Å². The first-order valence-electron chi connectivity index (χ1n) is 5.48. The number of halogens is 1. The predicted molar refractivity (Wildman–Crippen MR) is 63.2 cm³/mol. The van der Waals surface area contributed by atoms with Crippen LogP contribution in [0.15, 0.2) is 18.2 Å². The van der Waals surface area contributed by atoms with E-state index in [1.807, 2.05) is 13.1 Å². The van der Waals surface area contributed by atoms with Gasteiger partial charge in [-0.15, -0.1) is 0 Å². The maximum absolute atomic E-state index is 5.79. The molecular formula is C12H18IN3O. The highest BCUT2D eigenvalue weighted by Crippen LogP contribution is 2.20. The van der Waals surface area contributed by atoms with E-state index in [1.165, 1.54) is 11.0 Å². The van der Waals surface area contributed by atoms with Crippen LogP contribution in [0.3, 0.4) is 0 Å². The number of hydrogen-bond donors (Lipinski definition) is 1. The highest BCUT2D eigenvalue weighted by molar-refractivity contribution is 5.74. The number of nitrogens with zero attached hydrogens (tertiary/aromatic N) is 2. The Morgan fingerprint density at radius 2 is 2.12 bits per heavy atom. The van der Waals surface area contributed by atoms with Gasteiger partial charge in [-0.1, -0.05) is 0 Å². The summed E-state index contributed by atoms with van der Waals surface area (Å²) in [6, 6.07) is 6.10. The minimum absolute atomic E-state index is 0. The first-order valence-corrected chi connectivity index (χ1v) is 5.48. The molecule has 0 unspecified atom stereocenters. The SMILES string of the molecule is CCn1c(CN)[n+](C)c2ccc(OC)cc21.[I-]. The lowest BCUT2D eigenvalue weighted by Crippen LogP contribution is -3.00. The Bertz CT molecular complexity index is 522. The average Bonchev–Trinajstić information content (AvgIpc) is 2.60. The zero-order valence-electron chi connectivity index (χ0n) is 10.4. The van der Waals surface area contributed by atoms with Gasteiger partial charge >= 0.3 is 0 Å². The molecule has 0 saturated heterocycles. The number of hydrogen-bond acceptors (Lipinski definition) is 2. The van der Waals surface area contributed by atoms with E-state index in [0.29, 0.717) is 6.54 Å². The first kappa shape index (κ1) is 14.2. The second-order valence-electron chi connectivity index (χ2n) is 3.78. The van der Waals surface area contributed by atoms with Gasteiger partial charge in [0.1, 0.15) is 5.75 Å². The summed E-state index contributed by atoms with van der Waals surface area (Å²) in [7, 11) is 3.73. The molecule has 0 fully saturated rings. The molecule has 5 heteroatoms. The third kappa shape index (κ3) is 2.26. The van der Waals surface area contributed by atoms with E-state index < -0.39 is 0 Å². The molecule has 0 atom stereocenters. The molecule has 17 heavy (non-hydrogen) atoms. The maximum Gasteiger partial charge on any atom is 0.271 e. The summed E-state index contributed by atoms with van der Waals surface area (Å²) in [6.45, 7) is 3.58. The molecule has 1 aromatic carbocycles. The largest absolute Gasteiger partial charge is 1.00 e. The molecule has 4 nitrogen and oxygen atoms in total. The predicted octanol–water partition coefficient (Wildman–Crippen LogP) is -2.04. The van der Waals surface area contributed by atoms with Crippen molar-refractivity contribution in [3.8, 4) is 5.75 Å².